The Bertz CT molecular complexity index is 310. The van der Waals surface area contributed by atoms with Crippen molar-refractivity contribution >= 4 is 5.91 Å². The number of nitrogens with one attached hydrogen (secondary N) is 2. The first-order chi connectivity index (χ1) is 8.89. The first kappa shape index (κ1) is 14.8. The number of likely N-dealkylation sites (tertiary alicyclic amines) is 1. The fourth-order valence-corrected chi connectivity index (χ4v) is 3.48. The second-order valence-electron chi connectivity index (χ2n) is 7.39. The van der Waals surface area contributed by atoms with Gasteiger partial charge in [0.05, 0.1) is 6.54 Å². The van der Waals surface area contributed by atoms with Gasteiger partial charge in [-0.3, -0.25) is 9.69 Å². The van der Waals surface area contributed by atoms with Gasteiger partial charge in [-0.2, -0.15) is 0 Å². The van der Waals surface area contributed by atoms with Crippen LogP contribution in [0.5, 0.6) is 0 Å². The van der Waals surface area contributed by atoms with Crippen LogP contribution in [0.25, 0.3) is 0 Å². The van der Waals surface area contributed by atoms with E-state index in [0.717, 1.165) is 26.2 Å². The van der Waals surface area contributed by atoms with E-state index in [2.05, 4.69) is 15.5 Å². The quantitative estimate of drug-likeness (QED) is 0.794. The number of amides is 1. The molecule has 0 saturated carbocycles. The highest BCUT2D eigenvalue weighted by Crippen LogP contribution is 2.35. The van der Waals surface area contributed by atoms with E-state index < -0.39 is 0 Å². The molecule has 4 heteroatoms. The lowest BCUT2D eigenvalue weighted by Crippen LogP contribution is -2.54. The van der Waals surface area contributed by atoms with Crippen LogP contribution in [0.15, 0.2) is 0 Å². The van der Waals surface area contributed by atoms with Gasteiger partial charge in [0.25, 0.3) is 0 Å². The summed E-state index contributed by atoms with van der Waals surface area (Å²) in [6.45, 7) is 11.1. The van der Waals surface area contributed by atoms with E-state index in [4.69, 9.17) is 0 Å². The molecule has 2 rings (SSSR count). The Balaban J connectivity index is 1.85. The van der Waals surface area contributed by atoms with Crippen LogP contribution in [0.4, 0.5) is 0 Å². The molecule has 2 aliphatic rings. The summed E-state index contributed by atoms with van der Waals surface area (Å²) >= 11 is 0. The summed E-state index contributed by atoms with van der Waals surface area (Å²) in [6, 6.07) is 0. The second kappa shape index (κ2) is 5.80. The molecular formula is C15H29N3O. The van der Waals surface area contributed by atoms with Crippen molar-refractivity contribution in [1.82, 2.24) is 15.5 Å². The van der Waals surface area contributed by atoms with E-state index in [1.165, 1.54) is 25.7 Å². The molecule has 1 unspecified atom stereocenters. The molecule has 4 nitrogen and oxygen atoms in total. The van der Waals surface area contributed by atoms with Gasteiger partial charge < -0.3 is 10.6 Å². The topological polar surface area (TPSA) is 44.4 Å². The molecule has 19 heavy (non-hydrogen) atoms. The van der Waals surface area contributed by atoms with Crippen molar-refractivity contribution in [2.24, 2.45) is 5.41 Å². The summed E-state index contributed by atoms with van der Waals surface area (Å²) in [7, 11) is 0. The first-order valence-corrected chi connectivity index (χ1v) is 7.63. The lowest BCUT2D eigenvalue weighted by molar-refractivity contribution is -0.124. The van der Waals surface area contributed by atoms with Gasteiger partial charge in [-0.15, -0.1) is 0 Å². The minimum atomic E-state index is -0.128. The summed E-state index contributed by atoms with van der Waals surface area (Å²) in [5.74, 6) is 0.160. The maximum absolute atomic E-state index is 12.0. The highest BCUT2D eigenvalue weighted by molar-refractivity contribution is 5.78. The van der Waals surface area contributed by atoms with Crippen LogP contribution in [0.3, 0.4) is 0 Å². The Labute approximate surface area is 117 Å². The minimum absolute atomic E-state index is 0.128. The molecule has 2 aliphatic heterocycles. The SMILES string of the molecule is CC(C)(C)NC(=O)CN1CCCC2(CCCNC2)C1. The van der Waals surface area contributed by atoms with E-state index in [-0.39, 0.29) is 11.4 Å². The molecule has 1 amide bonds. The second-order valence-corrected chi connectivity index (χ2v) is 7.39. The third kappa shape index (κ3) is 4.46. The van der Waals surface area contributed by atoms with Crippen LogP contribution >= 0.6 is 0 Å². The molecule has 2 fully saturated rings. The van der Waals surface area contributed by atoms with Crippen molar-refractivity contribution in [2.75, 3.05) is 32.7 Å². The third-order valence-electron chi connectivity index (χ3n) is 4.18. The molecule has 0 aliphatic carbocycles. The van der Waals surface area contributed by atoms with Gasteiger partial charge in [0.1, 0.15) is 0 Å². The number of hydrogen-bond donors (Lipinski definition) is 2. The van der Waals surface area contributed by atoms with Crippen molar-refractivity contribution in [3.05, 3.63) is 0 Å². The maximum atomic E-state index is 12.0. The number of piperidine rings is 2. The van der Waals surface area contributed by atoms with Crippen molar-refractivity contribution in [3.8, 4) is 0 Å². The largest absolute Gasteiger partial charge is 0.350 e. The standard InChI is InChI=1S/C15H29N3O/c1-14(2,3)17-13(19)10-18-9-5-7-15(12-18)6-4-8-16-11-15/h16H,4-12H2,1-3H3,(H,17,19). The zero-order valence-corrected chi connectivity index (χ0v) is 12.7. The van der Waals surface area contributed by atoms with E-state index in [9.17, 15) is 4.79 Å². The summed E-state index contributed by atoms with van der Waals surface area (Å²) < 4.78 is 0. The van der Waals surface area contributed by atoms with E-state index in [1.54, 1.807) is 0 Å². The van der Waals surface area contributed by atoms with Gasteiger partial charge >= 0.3 is 0 Å². The fraction of sp³-hybridized carbons (Fsp3) is 0.933. The van der Waals surface area contributed by atoms with Gasteiger partial charge in [0.2, 0.25) is 5.91 Å². The van der Waals surface area contributed by atoms with Gasteiger partial charge in [-0.05, 0) is 65.0 Å². The molecule has 0 aromatic carbocycles. The number of rotatable bonds is 2. The molecule has 2 heterocycles. The van der Waals surface area contributed by atoms with Crippen LogP contribution < -0.4 is 10.6 Å². The molecular weight excluding hydrogens is 238 g/mol. The van der Waals surface area contributed by atoms with Crippen molar-refractivity contribution in [3.63, 3.8) is 0 Å². The molecule has 1 atom stereocenters. The number of carbonyl (C=O) groups excluding carboxylic acids is 1. The molecule has 1 spiro atoms. The summed E-state index contributed by atoms with van der Waals surface area (Å²) in [4.78, 5) is 14.4. The maximum Gasteiger partial charge on any atom is 0.234 e. The highest BCUT2D eigenvalue weighted by atomic mass is 16.2. The van der Waals surface area contributed by atoms with E-state index in [0.29, 0.717) is 12.0 Å². The summed E-state index contributed by atoms with van der Waals surface area (Å²) in [6.07, 6.45) is 5.14. The molecule has 110 valence electrons. The lowest BCUT2D eigenvalue weighted by Gasteiger charge is -2.45. The Morgan fingerprint density at radius 3 is 2.68 bits per heavy atom. The Kier molecular flexibility index (Phi) is 4.51. The fourth-order valence-electron chi connectivity index (χ4n) is 3.48. The van der Waals surface area contributed by atoms with Gasteiger partial charge in [-0.25, -0.2) is 0 Å². The van der Waals surface area contributed by atoms with Crippen LogP contribution in [-0.4, -0.2) is 49.1 Å². The number of carbonyl (C=O) groups is 1. The van der Waals surface area contributed by atoms with Crippen molar-refractivity contribution in [2.45, 2.75) is 52.0 Å². The molecule has 0 bridgehead atoms. The van der Waals surface area contributed by atoms with E-state index in [1.807, 2.05) is 20.8 Å². The normalized spacial score (nSPS) is 29.4. The summed E-state index contributed by atoms with van der Waals surface area (Å²) in [5, 5.41) is 6.59. The highest BCUT2D eigenvalue weighted by Gasteiger charge is 2.36. The predicted octanol–water partition coefficient (Wildman–Crippen LogP) is 1.37. The third-order valence-corrected chi connectivity index (χ3v) is 4.18. The Morgan fingerprint density at radius 1 is 1.32 bits per heavy atom. The van der Waals surface area contributed by atoms with Crippen LogP contribution in [0, 0.1) is 5.41 Å². The first-order valence-electron chi connectivity index (χ1n) is 7.63. The Morgan fingerprint density at radius 2 is 2.05 bits per heavy atom. The van der Waals surface area contributed by atoms with Crippen molar-refractivity contribution in [1.29, 1.82) is 0 Å². The summed E-state index contributed by atoms with van der Waals surface area (Å²) in [5.41, 5.74) is 0.301. The van der Waals surface area contributed by atoms with Crippen molar-refractivity contribution < 1.29 is 4.79 Å². The van der Waals surface area contributed by atoms with Crippen LogP contribution in [0.1, 0.15) is 46.5 Å². The van der Waals surface area contributed by atoms with Gasteiger partial charge in [0, 0.05) is 18.6 Å². The molecule has 2 N–H and O–H groups in total. The molecule has 0 aromatic heterocycles. The average molecular weight is 267 g/mol. The minimum Gasteiger partial charge on any atom is -0.350 e. The zero-order chi connectivity index (χ0) is 13.9. The van der Waals surface area contributed by atoms with Crippen LogP contribution in [-0.2, 0) is 4.79 Å². The molecule has 0 radical (unpaired) electrons. The van der Waals surface area contributed by atoms with Gasteiger partial charge in [0.15, 0.2) is 0 Å². The Hall–Kier alpha value is -0.610. The number of nitrogens with zero attached hydrogens (tertiary/aromatic N) is 1. The average Bonchev–Trinajstić information content (AvgIpc) is 2.27. The van der Waals surface area contributed by atoms with E-state index >= 15 is 0 Å². The number of hydrogen-bond acceptors (Lipinski definition) is 3. The van der Waals surface area contributed by atoms with Gasteiger partial charge in [-0.1, -0.05) is 0 Å². The van der Waals surface area contributed by atoms with Crippen LogP contribution in [0.2, 0.25) is 0 Å². The zero-order valence-electron chi connectivity index (χ0n) is 12.7. The lowest BCUT2D eigenvalue weighted by atomic mass is 9.74. The molecule has 2 saturated heterocycles. The monoisotopic (exact) mass is 267 g/mol. The molecule has 0 aromatic rings. The predicted molar refractivity (Wildman–Crippen MR) is 78.1 cm³/mol. The smallest absolute Gasteiger partial charge is 0.234 e.